The Morgan fingerprint density at radius 1 is 0.593 bits per heavy atom. The molecule has 0 aliphatic heterocycles. The first-order valence-corrected chi connectivity index (χ1v) is 24.8. The predicted molar refractivity (Wildman–Crippen MR) is 231 cm³/mol. The average molecular weight is 840 g/mol. The fourth-order valence-corrected chi connectivity index (χ4v) is 6.85. The Kier molecular flexibility index (Phi) is 18.5. The molecule has 0 saturated carbocycles. The number of carbonyl (C=O) groups excluding carboxylic acids is 2. The quantitative estimate of drug-likeness (QED) is 0.0625. The van der Waals surface area contributed by atoms with E-state index in [0.717, 1.165) is 20.4 Å². The van der Waals surface area contributed by atoms with Crippen molar-refractivity contribution in [2.24, 2.45) is 11.8 Å². The van der Waals surface area contributed by atoms with E-state index in [1.54, 1.807) is 0 Å². The molecular formula is C46H54BCl2N2O2Zr. The topological polar surface area (TPSA) is 58.2 Å². The van der Waals surface area contributed by atoms with Gasteiger partial charge in [0.2, 0.25) is 0 Å². The second kappa shape index (κ2) is 22.2. The summed E-state index contributed by atoms with van der Waals surface area (Å²) in [5.74, 6) is 1.40. The molecule has 1 radical (unpaired) electrons. The molecule has 2 amide bonds. The summed E-state index contributed by atoms with van der Waals surface area (Å²) in [5, 5.41) is 9.72. The van der Waals surface area contributed by atoms with E-state index in [9.17, 15) is 9.59 Å². The van der Waals surface area contributed by atoms with Crippen molar-refractivity contribution >= 4 is 58.9 Å². The fraction of sp³-hybridized carbons (Fsp3) is 0.304. The van der Waals surface area contributed by atoms with Crippen LogP contribution in [0.15, 0.2) is 84.9 Å². The summed E-state index contributed by atoms with van der Waals surface area (Å²) in [6.07, 6.45) is 3.22. The molecule has 54 heavy (non-hydrogen) atoms. The molecule has 0 unspecified atom stereocenters. The molecule has 0 bridgehead atoms. The summed E-state index contributed by atoms with van der Waals surface area (Å²) >= 11 is -0.826. The van der Waals surface area contributed by atoms with Crippen molar-refractivity contribution < 1.29 is 30.4 Å². The number of nitrogens with one attached hydrogen (secondary N) is 2. The van der Waals surface area contributed by atoms with E-state index < -0.39 is 20.8 Å². The average Bonchev–Trinajstić information content (AvgIpc) is 3.74. The van der Waals surface area contributed by atoms with Crippen molar-refractivity contribution in [2.45, 2.75) is 82.1 Å². The Bertz CT molecular complexity index is 1980. The van der Waals surface area contributed by atoms with Crippen LogP contribution in [0.5, 0.6) is 0 Å². The second-order valence-electron chi connectivity index (χ2n) is 14.7. The number of hydrogen-bond acceptors (Lipinski definition) is 2. The number of carbonyl (C=O) groups is 2. The summed E-state index contributed by atoms with van der Waals surface area (Å²) in [6.45, 7) is 22.5. The third kappa shape index (κ3) is 12.3. The van der Waals surface area contributed by atoms with Crippen LogP contribution in [0.25, 0.3) is 43.8 Å². The summed E-state index contributed by atoms with van der Waals surface area (Å²) in [7, 11) is 11.0. The molecule has 0 fully saturated rings. The van der Waals surface area contributed by atoms with Crippen LogP contribution >= 0.6 is 17.0 Å². The molecule has 281 valence electrons. The minimum atomic E-state index is -0.826. The van der Waals surface area contributed by atoms with Crippen molar-refractivity contribution in [3.63, 3.8) is 0 Å². The van der Waals surface area contributed by atoms with E-state index in [4.69, 9.17) is 17.0 Å². The van der Waals surface area contributed by atoms with Gasteiger partial charge in [0, 0.05) is 0 Å². The molecule has 0 aliphatic rings. The van der Waals surface area contributed by atoms with Crippen LogP contribution in [0.3, 0.4) is 0 Å². The van der Waals surface area contributed by atoms with Gasteiger partial charge in [0.1, 0.15) is 0 Å². The van der Waals surface area contributed by atoms with Crippen molar-refractivity contribution in [3.8, 4) is 22.3 Å². The molecule has 0 atom stereocenters. The van der Waals surface area contributed by atoms with Gasteiger partial charge in [-0.15, -0.1) is 69.1 Å². The summed E-state index contributed by atoms with van der Waals surface area (Å²) in [5.41, 5.74) is 16.8. The molecule has 0 aliphatic carbocycles. The van der Waals surface area contributed by atoms with Gasteiger partial charge in [0.15, 0.2) is 12.8 Å². The zero-order valence-electron chi connectivity index (χ0n) is 33.5. The van der Waals surface area contributed by atoms with Crippen LogP contribution < -0.4 is 10.5 Å². The van der Waals surface area contributed by atoms with E-state index in [0.29, 0.717) is 24.7 Å². The number of halogens is 2. The minimum absolute atomic E-state index is 0.455. The van der Waals surface area contributed by atoms with Crippen LogP contribution in [0, 0.1) is 53.4 Å². The van der Waals surface area contributed by atoms with E-state index in [2.05, 4.69) is 165 Å². The van der Waals surface area contributed by atoms with Crippen LogP contribution in [-0.2, 0) is 43.3 Å². The Morgan fingerprint density at radius 3 is 1.30 bits per heavy atom. The zero-order valence-corrected chi connectivity index (χ0v) is 37.4. The Hall–Kier alpha value is -3.43. The molecule has 6 aromatic carbocycles. The van der Waals surface area contributed by atoms with Gasteiger partial charge < -0.3 is 10.5 Å². The van der Waals surface area contributed by atoms with Crippen molar-refractivity contribution in [2.75, 3.05) is 0 Å². The van der Waals surface area contributed by atoms with Crippen molar-refractivity contribution in [1.82, 2.24) is 10.5 Å². The van der Waals surface area contributed by atoms with Crippen molar-refractivity contribution in [1.29, 1.82) is 0 Å². The van der Waals surface area contributed by atoms with Gasteiger partial charge in [-0.25, -0.2) is 0 Å². The zero-order chi connectivity index (χ0) is 39.9. The van der Waals surface area contributed by atoms with Gasteiger partial charge in [0.05, 0.1) is 0 Å². The van der Waals surface area contributed by atoms with E-state index in [1.807, 2.05) is 0 Å². The van der Waals surface area contributed by atoms with Gasteiger partial charge in [-0.05, 0) is 111 Å². The van der Waals surface area contributed by atoms with Gasteiger partial charge in [-0.1, -0.05) is 75.2 Å². The van der Waals surface area contributed by atoms with Crippen LogP contribution in [0.4, 0.5) is 0 Å². The first-order chi connectivity index (χ1) is 25.8. The van der Waals surface area contributed by atoms with Crippen LogP contribution in [0.1, 0.15) is 72.2 Å². The summed E-state index contributed by atoms with van der Waals surface area (Å²) < 4.78 is 0. The maximum absolute atomic E-state index is 9.38. The Balaban J connectivity index is 0.000000233. The summed E-state index contributed by atoms with van der Waals surface area (Å²) in [6, 6.07) is 31.9. The molecule has 8 heteroatoms. The third-order valence-electron chi connectivity index (χ3n) is 9.91. The molecular weight excluding hydrogens is 785 g/mol. The van der Waals surface area contributed by atoms with Gasteiger partial charge >= 0.3 is 45.4 Å². The molecule has 0 saturated heterocycles. The number of benzene rings is 4. The fourth-order valence-electron chi connectivity index (χ4n) is 6.85. The monoisotopic (exact) mass is 837 g/mol. The first kappa shape index (κ1) is 45.0. The molecule has 6 aromatic rings. The van der Waals surface area contributed by atoms with E-state index >= 15 is 0 Å². The predicted octanol–water partition coefficient (Wildman–Crippen LogP) is 12.1. The van der Waals surface area contributed by atoms with E-state index in [1.165, 1.54) is 88.3 Å². The van der Waals surface area contributed by atoms with Crippen molar-refractivity contribution in [3.05, 3.63) is 129 Å². The molecule has 0 aromatic heterocycles. The second-order valence-corrected chi connectivity index (χ2v) is 18.4. The Labute approximate surface area is 343 Å². The van der Waals surface area contributed by atoms with Crippen LogP contribution in [-0.4, -0.2) is 20.4 Å². The Morgan fingerprint density at radius 2 is 0.963 bits per heavy atom. The molecule has 6 rings (SSSR count). The van der Waals surface area contributed by atoms with E-state index in [-0.39, 0.29) is 0 Å². The first-order valence-electron chi connectivity index (χ1n) is 18.5. The molecule has 0 heterocycles. The number of rotatable bonds is 10. The molecule has 2 N–H and O–H groups in total. The number of hydrogen-bond donors (Lipinski definition) is 2. The molecule has 4 nitrogen and oxygen atoms in total. The van der Waals surface area contributed by atoms with Gasteiger partial charge in [-0.3, -0.25) is 9.59 Å². The number of aryl methyl sites for hydroxylation is 2. The standard InChI is InChI=1S/2C22H25.C2H4BN2O2.2ClH.Zr/c2*1-14(2)11-18-12-19-7-6-8-21(22(19)13-18)20-10-9-15(3)16(4)17(20)5;6-1-4-3-5-2-7;;;/h2*6-10,12-14H,11H2,1-5H3;1-2H,(H,4,6)(H,5,7);2*1H;/q2*-1;;;;+4/p-2. The van der Waals surface area contributed by atoms with Gasteiger partial charge in [0.25, 0.3) is 0 Å². The van der Waals surface area contributed by atoms with Crippen LogP contribution in [0.2, 0.25) is 0 Å². The molecule has 0 spiro atoms. The maximum atomic E-state index is 9.38. The van der Waals surface area contributed by atoms with Gasteiger partial charge in [-0.2, -0.15) is 12.1 Å². The normalized spacial score (nSPS) is 10.4. The third-order valence-corrected chi connectivity index (χ3v) is 9.91. The SMILES string of the molecule is Cc1ccc(-c2cccc3[cH-]c(CC(C)C)cc23)c(C)c1C.Cc1ccc(-c2cccc3[cH-]c(CC(C)C)cc23)c(C)c1C.O=CN[B]NC=O.[Cl][Zr+2][Cl]. The number of amides is 2. The number of fused-ring (bicyclic) bond motifs is 2. The summed E-state index contributed by atoms with van der Waals surface area (Å²) in [4.78, 5) is 18.8.